The van der Waals surface area contributed by atoms with Crippen molar-refractivity contribution in [3.63, 3.8) is 0 Å². The molecule has 0 heterocycles. The Balaban J connectivity index is -0.00000000500. The Morgan fingerprint density at radius 3 is 1.25 bits per heavy atom. The molecule has 0 bridgehead atoms. The largest absolute Gasteiger partial charge is 1.00 e. The zero-order valence-corrected chi connectivity index (χ0v) is 5.52. The van der Waals surface area contributed by atoms with Gasteiger partial charge in [-0.15, -0.1) is 0 Å². The van der Waals surface area contributed by atoms with Gasteiger partial charge in [-0.1, -0.05) is 0 Å². The van der Waals surface area contributed by atoms with E-state index in [4.69, 9.17) is 11.1 Å². The second-order valence-electron chi connectivity index (χ2n) is 0. The van der Waals surface area contributed by atoms with Crippen LogP contribution in [-0.2, 0) is 0 Å². The van der Waals surface area contributed by atoms with Crippen molar-refractivity contribution in [3.05, 3.63) is 5.90 Å². The predicted molar refractivity (Wildman–Crippen MR) is 8.04 cm³/mol. The molecule has 0 aliphatic rings. The third-order valence-electron chi connectivity index (χ3n) is 0. The van der Waals surface area contributed by atoms with Crippen LogP contribution in [0.3, 0.4) is 0 Å². The summed E-state index contributed by atoms with van der Waals surface area (Å²) in [5.74, 6) is 4.75. The summed E-state index contributed by atoms with van der Waals surface area (Å²) in [5, 5.41) is 6.25. The minimum Gasteiger partial charge on any atom is -0.870 e. The molecule has 3 nitrogen and oxygen atoms in total. The van der Waals surface area contributed by atoms with Gasteiger partial charge in [-0.25, -0.2) is 0 Å². The van der Waals surface area contributed by atoms with Crippen LogP contribution in [0.2, 0.25) is 0 Å². The molecule has 0 aromatic heterocycles. The predicted octanol–water partition coefficient (Wildman–Crippen LogP) is -2.75. The zero-order chi connectivity index (χ0) is 2.00. The normalized spacial score (nSPS) is 1.50. The fourth-order valence-corrected chi connectivity index (χ4v) is 0. The smallest absolute Gasteiger partial charge is 0.870 e. The van der Waals surface area contributed by atoms with Crippen molar-refractivity contribution in [2.45, 2.75) is 0 Å². The molecular formula is H3KNO2-. The first-order chi connectivity index (χ1) is 1.00. The standard InChI is InChI=1S/K.H2NO.H2O/c;1-2;/h;1-2H;1H2/q+1;-1;/p-1. The molecule has 0 radical (unpaired) electrons. The number of rotatable bonds is 0. The maximum atomic E-state index is 6.25. The second kappa shape index (κ2) is 24.3. The van der Waals surface area contributed by atoms with E-state index in [0.717, 1.165) is 0 Å². The van der Waals surface area contributed by atoms with Gasteiger partial charge in [-0.2, -0.15) is 0 Å². The molecule has 22 valence electrons. The maximum Gasteiger partial charge on any atom is 1.00 e. The van der Waals surface area contributed by atoms with Crippen LogP contribution in [0.25, 0.3) is 5.90 Å². The van der Waals surface area contributed by atoms with Gasteiger partial charge in [0.15, 0.2) is 0 Å². The van der Waals surface area contributed by atoms with Gasteiger partial charge < -0.3 is 16.6 Å². The molecular weight excluding hydrogens is 85.1 g/mol. The third-order valence-corrected chi connectivity index (χ3v) is 0. The van der Waals surface area contributed by atoms with E-state index in [9.17, 15) is 0 Å². The Kier molecular flexibility index (Phi) is 108. The van der Waals surface area contributed by atoms with Gasteiger partial charge in [0.05, 0.1) is 0 Å². The van der Waals surface area contributed by atoms with Gasteiger partial charge in [-0.3, -0.25) is 0 Å². The van der Waals surface area contributed by atoms with Crippen molar-refractivity contribution in [2.75, 3.05) is 0 Å². The van der Waals surface area contributed by atoms with Crippen LogP contribution >= 0.6 is 0 Å². The average Bonchev–Trinajstić information content (AvgIpc) is 1.00. The summed E-state index contributed by atoms with van der Waals surface area (Å²) in [6.07, 6.45) is 0. The van der Waals surface area contributed by atoms with Crippen LogP contribution in [0, 0.1) is 0 Å². The second-order valence-corrected chi connectivity index (χ2v) is 0. The van der Waals surface area contributed by atoms with E-state index in [0.29, 0.717) is 0 Å². The van der Waals surface area contributed by atoms with E-state index < -0.39 is 0 Å². The van der Waals surface area contributed by atoms with Crippen LogP contribution in [0.1, 0.15) is 0 Å². The molecule has 4 heavy (non-hydrogen) atoms. The molecule has 0 atom stereocenters. The Labute approximate surface area is 66.9 Å². The molecule has 0 saturated carbocycles. The molecule has 0 aliphatic heterocycles. The van der Waals surface area contributed by atoms with E-state index in [1.807, 2.05) is 0 Å². The van der Waals surface area contributed by atoms with Crippen LogP contribution < -0.4 is 51.4 Å². The topological polar surface area (TPSA) is 74.0 Å². The zero-order valence-electron chi connectivity index (χ0n) is 2.39. The summed E-state index contributed by atoms with van der Waals surface area (Å²) < 4.78 is 0. The van der Waals surface area contributed by atoms with Crippen LogP contribution in [0.4, 0.5) is 0 Å². The first kappa shape index (κ1) is 17.8. The monoisotopic (exact) mass is 88.0 g/mol. The van der Waals surface area contributed by atoms with Crippen molar-refractivity contribution >= 4 is 0 Å². The molecule has 0 aliphatic carbocycles. The first-order valence-electron chi connectivity index (χ1n) is 0.224. The van der Waals surface area contributed by atoms with Crippen LogP contribution in [0.5, 0.6) is 0 Å². The van der Waals surface area contributed by atoms with Crippen molar-refractivity contribution in [1.29, 1.82) is 0 Å². The summed E-state index contributed by atoms with van der Waals surface area (Å²) in [7, 11) is 0. The summed E-state index contributed by atoms with van der Waals surface area (Å²) >= 11 is 0. The molecule has 0 unspecified atom stereocenters. The van der Waals surface area contributed by atoms with Gasteiger partial charge in [0, 0.05) is 0 Å². The van der Waals surface area contributed by atoms with E-state index in [-0.39, 0.29) is 56.9 Å². The minimum absolute atomic E-state index is 0. The molecule has 0 aromatic rings. The van der Waals surface area contributed by atoms with Gasteiger partial charge in [0.2, 0.25) is 0 Å². The maximum absolute atomic E-state index is 6.25. The first-order valence-corrected chi connectivity index (χ1v) is 0.224. The molecule has 0 spiro atoms. The van der Waals surface area contributed by atoms with E-state index in [1.165, 1.54) is 0 Å². The molecule has 4 heteroatoms. The van der Waals surface area contributed by atoms with Gasteiger partial charge in [0.25, 0.3) is 0 Å². The number of nitrogens with one attached hydrogen (secondary N) is 1. The van der Waals surface area contributed by atoms with Gasteiger partial charge >= 0.3 is 51.4 Å². The summed E-state index contributed by atoms with van der Waals surface area (Å²) in [6.45, 7) is 0. The Morgan fingerprint density at radius 1 is 1.25 bits per heavy atom. The van der Waals surface area contributed by atoms with Gasteiger partial charge in [-0.05, 0) is 0 Å². The Bertz CT molecular complexity index is 6.00. The van der Waals surface area contributed by atoms with Crippen molar-refractivity contribution < 1.29 is 62.1 Å². The average molecular weight is 88.1 g/mol. The molecule has 0 fully saturated rings. The minimum atomic E-state index is 0. The fourth-order valence-electron chi connectivity index (χ4n) is 0. The Hall–Kier alpha value is 1.52. The van der Waals surface area contributed by atoms with Crippen molar-refractivity contribution in [1.82, 2.24) is 0 Å². The number of hydrogen-bond donors (Lipinski definition) is 1. The van der Waals surface area contributed by atoms with Gasteiger partial charge in [0.1, 0.15) is 0 Å². The van der Waals surface area contributed by atoms with E-state index >= 15 is 0 Å². The third kappa shape index (κ3) is 9.68. The molecule has 0 aromatic carbocycles. The summed E-state index contributed by atoms with van der Waals surface area (Å²) in [6, 6.07) is 0. The fraction of sp³-hybridized carbons (Fsp3) is 0. The molecule has 0 rings (SSSR count). The Morgan fingerprint density at radius 2 is 1.25 bits per heavy atom. The molecule has 3 N–H and O–H groups in total. The van der Waals surface area contributed by atoms with Crippen molar-refractivity contribution in [2.24, 2.45) is 0 Å². The van der Waals surface area contributed by atoms with E-state index in [2.05, 4.69) is 0 Å². The molecule has 0 amide bonds. The molecule has 0 saturated heterocycles. The SMILES string of the molecule is [K+].[NH-]O.[OH-]. The van der Waals surface area contributed by atoms with Crippen LogP contribution in [-0.4, -0.2) is 10.7 Å². The van der Waals surface area contributed by atoms with Crippen LogP contribution in [0.15, 0.2) is 0 Å². The van der Waals surface area contributed by atoms with E-state index in [1.54, 1.807) is 0 Å². The number of hydrogen-bond acceptors (Lipinski definition) is 2. The summed E-state index contributed by atoms with van der Waals surface area (Å²) in [4.78, 5) is 0. The van der Waals surface area contributed by atoms with Crippen molar-refractivity contribution in [3.8, 4) is 0 Å². The quantitative estimate of drug-likeness (QED) is 0.257. The summed E-state index contributed by atoms with van der Waals surface area (Å²) in [5.41, 5.74) is 0.